The van der Waals surface area contributed by atoms with Gasteiger partial charge in [0.15, 0.2) is 0 Å². The maximum atomic E-state index is 14.0. The number of amides is 3. The molecule has 0 radical (unpaired) electrons. The first-order valence-corrected chi connectivity index (χ1v) is 12.4. The van der Waals surface area contributed by atoms with E-state index in [1.165, 1.54) is 41.3 Å². The second-order valence-corrected chi connectivity index (χ2v) is 9.31. The first-order valence-electron chi connectivity index (χ1n) is 12.4. The van der Waals surface area contributed by atoms with Gasteiger partial charge < -0.3 is 25.0 Å². The van der Waals surface area contributed by atoms with Crippen LogP contribution in [0, 0.1) is 28.8 Å². The zero-order chi connectivity index (χ0) is 28.6. The Morgan fingerprint density at radius 3 is 2.45 bits per heavy atom. The van der Waals surface area contributed by atoms with Crippen LogP contribution < -0.4 is 15.4 Å². The van der Waals surface area contributed by atoms with Crippen molar-refractivity contribution < 1.29 is 33.2 Å². The number of nitro groups is 1. The molecule has 1 heterocycles. The molecule has 0 unspecified atom stereocenters. The largest absolute Gasteiger partial charge is 0.445 e. The third-order valence-corrected chi connectivity index (χ3v) is 6.31. The second kappa shape index (κ2) is 12.7. The average molecular weight is 551 g/mol. The zero-order valence-electron chi connectivity index (χ0n) is 21.5. The van der Waals surface area contributed by atoms with Crippen LogP contribution in [0.25, 0.3) is 0 Å². The lowest BCUT2D eigenvalue weighted by molar-refractivity contribution is -0.384. The Balaban J connectivity index is 1.45. The molecule has 1 saturated heterocycles. The number of aryl methyl sites for hydroxylation is 1. The van der Waals surface area contributed by atoms with E-state index in [1.54, 1.807) is 25.1 Å². The summed E-state index contributed by atoms with van der Waals surface area (Å²) >= 11 is 0. The molecule has 2 N–H and O–H groups in total. The highest BCUT2D eigenvalue weighted by atomic mass is 19.1. The number of alkyl carbamates (subject to hydrolysis) is 1. The minimum absolute atomic E-state index is 0.0230. The van der Waals surface area contributed by atoms with Gasteiger partial charge in [0.2, 0.25) is 5.91 Å². The van der Waals surface area contributed by atoms with Crippen molar-refractivity contribution in [2.24, 2.45) is 5.92 Å². The predicted octanol–water partition coefficient (Wildman–Crippen LogP) is 4.80. The molecular weight excluding hydrogens is 523 g/mol. The Kier molecular flexibility index (Phi) is 8.89. The molecule has 40 heavy (non-hydrogen) atoms. The SMILES string of the molecule is Cc1ccc(NC(=O)[C@H]2C[C@@H](NC(=O)OCc3ccccc3)CN(C(=O)Oc3ccc([N+](=O)[O-])cc3)C2)cc1F. The molecule has 12 heteroatoms. The Morgan fingerprint density at radius 2 is 1.77 bits per heavy atom. The number of hydrogen-bond donors (Lipinski definition) is 2. The number of benzene rings is 3. The standard InChI is InChI=1S/C28H27FN4O7/c1-18-7-8-21(14-25(18)29)30-26(34)20-13-22(31-27(35)39-17-19-5-3-2-4-6-19)16-32(15-20)28(36)40-24-11-9-23(10-12-24)33(37)38/h2-12,14,20,22H,13,15-17H2,1H3,(H,30,34)(H,31,35)/t20-,22+/m0/s1. The highest BCUT2D eigenvalue weighted by Crippen LogP contribution is 2.23. The summed E-state index contributed by atoms with van der Waals surface area (Å²) < 4.78 is 24.6. The molecule has 0 aromatic heterocycles. The minimum atomic E-state index is -0.808. The molecule has 3 amide bonds. The number of carbonyl (C=O) groups excluding carboxylic acids is 3. The van der Waals surface area contributed by atoms with Gasteiger partial charge in [0.05, 0.1) is 16.9 Å². The van der Waals surface area contributed by atoms with Gasteiger partial charge in [0, 0.05) is 30.9 Å². The maximum Gasteiger partial charge on any atom is 0.415 e. The molecule has 11 nitrogen and oxygen atoms in total. The first-order chi connectivity index (χ1) is 19.2. The molecule has 1 aliphatic rings. The van der Waals surface area contributed by atoms with Crippen molar-refractivity contribution in [3.05, 3.63) is 99.9 Å². The van der Waals surface area contributed by atoms with Crippen LogP contribution in [0.1, 0.15) is 17.5 Å². The Hall–Kier alpha value is -5.00. The van der Waals surface area contributed by atoms with Crippen molar-refractivity contribution in [2.75, 3.05) is 18.4 Å². The summed E-state index contributed by atoms with van der Waals surface area (Å²) in [5.41, 5.74) is 1.30. The average Bonchev–Trinajstić information content (AvgIpc) is 2.94. The Bertz CT molecular complexity index is 1390. The van der Waals surface area contributed by atoms with Gasteiger partial charge in [-0.05, 0) is 48.7 Å². The fourth-order valence-corrected chi connectivity index (χ4v) is 4.19. The van der Waals surface area contributed by atoms with Crippen LogP contribution in [0.2, 0.25) is 0 Å². The van der Waals surface area contributed by atoms with Crippen LogP contribution in [0.5, 0.6) is 5.75 Å². The van der Waals surface area contributed by atoms with Crippen LogP contribution in [-0.4, -0.2) is 47.0 Å². The van der Waals surface area contributed by atoms with Gasteiger partial charge in [-0.15, -0.1) is 0 Å². The van der Waals surface area contributed by atoms with E-state index < -0.39 is 40.8 Å². The molecule has 1 aliphatic heterocycles. The molecule has 0 saturated carbocycles. The molecule has 0 spiro atoms. The second-order valence-electron chi connectivity index (χ2n) is 9.31. The summed E-state index contributed by atoms with van der Waals surface area (Å²) in [5.74, 6) is -1.65. The molecule has 3 aromatic carbocycles. The summed E-state index contributed by atoms with van der Waals surface area (Å²) in [5, 5.41) is 16.2. The highest BCUT2D eigenvalue weighted by Gasteiger charge is 2.36. The van der Waals surface area contributed by atoms with E-state index in [4.69, 9.17) is 9.47 Å². The van der Waals surface area contributed by atoms with Crippen LogP contribution in [-0.2, 0) is 16.1 Å². The normalized spacial score (nSPS) is 16.5. The van der Waals surface area contributed by atoms with Crippen LogP contribution in [0.4, 0.5) is 25.4 Å². The summed E-state index contributed by atoms with van der Waals surface area (Å²) in [6.07, 6.45) is -1.35. The van der Waals surface area contributed by atoms with Crippen molar-refractivity contribution in [1.82, 2.24) is 10.2 Å². The number of ether oxygens (including phenoxy) is 2. The third kappa shape index (κ3) is 7.53. The first kappa shape index (κ1) is 28.0. The number of nitro benzene ring substituents is 1. The number of likely N-dealkylation sites (tertiary alicyclic amines) is 1. The predicted molar refractivity (Wildman–Crippen MR) is 142 cm³/mol. The fourth-order valence-electron chi connectivity index (χ4n) is 4.19. The van der Waals surface area contributed by atoms with Gasteiger partial charge in [0.25, 0.3) is 5.69 Å². The maximum absolute atomic E-state index is 14.0. The number of nitrogens with one attached hydrogen (secondary N) is 2. The lowest BCUT2D eigenvalue weighted by Crippen LogP contribution is -2.55. The molecule has 3 aromatic rings. The Labute approximate surface area is 229 Å². The number of rotatable bonds is 7. The van der Waals surface area contributed by atoms with Crippen molar-refractivity contribution in [1.29, 1.82) is 0 Å². The topological polar surface area (TPSA) is 140 Å². The molecule has 0 aliphatic carbocycles. The van der Waals surface area contributed by atoms with Crippen molar-refractivity contribution in [3.8, 4) is 5.75 Å². The van der Waals surface area contributed by atoms with Gasteiger partial charge >= 0.3 is 12.2 Å². The number of piperidine rings is 1. The summed E-state index contributed by atoms with van der Waals surface area (Å²) in [4.78, 5) is 50.2. The number of halogens is 1. The smallest absolute Gasteiger partial charge is 0.415 e. The van der Waals surface area contributed by atoms with Crippen LogP contribution in [0.15, 0.2) is 72.8 Å². The minimum Gasteiger partial charge on any atom is -0.445 e. The molecular formula is C28H27FN4O7. The molecule has 2 atom stereocenters. The fraction of sp³-hybridized carbons (Fsp3) is 0.250. The number of anilines is 1. The van der Waals surface area contributed by atoms with Gasteiger partial charge in [-0.2, -0.15) is 0 Å². The van der Waals surface area contributed by atoms with Gasteiger partial charge in [-0.25, -0.2) is 14.0 Å². The summed E-state index contributed by atoms with van der Waals surface area (Å²) in [6.45, 7) is 1.62. The van der Waals surface area contributed by atoms with Crippen LogP contribution in [0.3, 0.4) is 0 Å². The van der Waals surface area contributed by atoms with Gasteiger partial charge in [0.1, 0.15) is 18.2 Å². The number of non-ortho nitro benzene ring substituents is 1. The molecule has 4 rings (SSSR count). The number of carbonyl (C=O) groups is 3. The monoisotopic (exact) mass is 550 g/mol. The van der Waals surface area contributed by atoms with Crippen LogP contribution >= 0.6 is 0 Å². The van der Waals surface area contributed by atoms with E-state index in [9.17, 15) is 28.9 Å². The lowest BCUT2D eigenvalue weighted by atomic mass is 9.93. The quantitative estimate of drug-likeness (QED) is 0.318. The number of nitrogens with zero attached hydrogens (tertiary/aromatic N) is 2. The third-order valence-electron chi connectivity index (χ3n) is 6.31. The van der Waals surface area contributed by atoms with E-state index in [0.717, 1.165) is 5.56 Å². The van der Waals surface area contributed by atoms with Gasteiger partial charge in [-0.1, -0.05) is 36.4 Å². The lowest BCUT2D eigenvalue weighted by Gasteiger charge is -2.36. The molecule has 1 fully saturated rings. The molecule has 0 bridgehead atoms. The summed E-state index contributed by atoms with van der Waals surface area (Å²) in [7, 11) is 0. The van der Waals surface area contributed by atoms with E-state index >= 15 is 0 Å². The Morgan fingerprint density at radius 1 is 1.05 bits per heavy atom. The number of hydrogen-bond acceptors (Lipinski definition) is 7. The van der Waals surface area contributed by atoms with E-state index in [1.807, 2.05) is 18.2 Å². The van der Waals surface area contributed by atoms with Gasteiger partial charge in [-0.3, -0.25) is 14.9 Å². The zero-order valence-corrected chi connectivity index (χ0v) is 21.5. The van der Waals surface area contributed by atoms with Crippen molar-refractivity contribution in [3.63, 3.8) is 0 Å². The van der Waals surface area contributed by atoms with Crippen molar-refractivity contribution in [2.45, 2.75) is 26.0 Å². The van der Waals surface area contributed by atoms with Crippen molar-refractivity contribution >= 4 is 29.5 Å². The highest BCUT2D eigenvalue weighted by molar-refractivity contribution is 5.93. The van der Waals surface area contributed by atoms with E-state index in [0.29, 0.717) is 5.56 Å². The summed E-state index contributed by atoms with van der Waals surface area (Å²) in [6, 6.07) is 17.7. The van der Waals surface area contributed by atoms with E-state index in [-0.39, 0.29) is 43.2 Å². The molecule has 208 valence electrons. The van der Waals surface area contributed by atoms with E-state index in [2.05, 4.69) is 10.6 Å².